The third-order valence-electron chi connectivity index (χ3n) is 6.56. The van der Waals surface area contributed by atoms with Crippen molar-refractivity contribution < 1.29 is 17.0 Å². The quantitative estimate of drug-likeness (QED) is 0.302. The first-order chi connectivity index (χ1) is 12.6. The van der Waals surface area contributed by atoms with Crippen LogP contribution in [0.3, 0.4) is 0 Å². The minimum atomic E-state index is -1.63. The van der Waals surface area contributed by atoms with Gasteiger partial charge in [0, 0.05) is 11.5 Å². The van der Waals surface area contributed by atoms with Gasteiger partial charge in [0.05, 0.1) is 0 Å². The molecule has 0 radical (unpaired) electrons. The van der Waals surface area contributed by atoms with Gasteiger partial charge in [0.2, 0.25) is 0 Å². The summed E-state index contributed by atoms with van der Waals surface area (Å²) in [6, 6.07) is 0.716. The van der Waals surface area contributed by atoms with Gasteiger partial charge in [-0.25, -0.2) is 0 Å². The summed E-state index contributed by atoms with van der Waals surface area (Å²) in [7, 11) is 8.15. The van der Waals surface area contributed by atoms with E-state index in [1.807, 2.05) is 0 Å². The second-order valence-electron chi connectivity index (χ2n) is 10.1. The maximum absolute atomic E-state index is 5.39. The van der Waals surface area contributed by atoms with Crippen molar-refractivity contribution in [3.05, 3.63) is 36.7 Å². The van der Waals surface area contributed by atoms with Crippen molar-refractivity contribution in [1.29, 1.82) is 0 Å². The molecular weight excluding hydrogens is 439 g/mol. The average Bonchev–Trinajstić information content (AvgIpc) is 3.14. The van der Waals surface area contributed by atoms with E-state index < -0.39 is 25.3 Å². The van der Waals surface area contributed by atoms with E-state index in [2.05, 4.69) is 70.0 Å². The first-order valence-electron chi connectivity index (χ1n) is 10.3. The van der Waals surface area contributed by atoms with Gasteiger partial charge in [-0.2, -0.15) is 0 Å². The van der Waals surface area contributed by atoms with Crippen LogP contribution in [-0.2, 0) is 17.0 Å². The Morgan fingerprint density at radius 3 is 2.18 bits per heavy atom. The van der Waals surface area contributed by atoms with Crippen LogP contribution in [0.15, 0.2) is 24.3 Å². The first kappa shape index (κ1) is 26.9. The summed E-state index contributed by atoms with van der Waals surface area (Å²) in [6.07, 6.45) is 14.9. The number of nitrogens with zero attached hydrogens (tertiary/aromatic N) is 2. The molecule has 0 amide bonds. The SMILES string of the molecule is CC1C(N2CCCC2)C2(C=CC=CC2)CC1[Si](C)(C)[N-]C(C)(C)C.[CH3-].[Cl][Ti][Cl]. The van der Waals surface area contributed by atoms with E-state index in [0.29, 0.717) is 11.5 Å². The zero-order valence-corrected chi connectivity index (χ0v) is 23.0. The summed E-state index contributed by atoms with van der Waals surface area (Å²) >= 11 is -0.556. The molecular formula is C22H40Cl2N2SiTi-2. The van der Waals surface area contributed by atoms with E-state index in [1.54, 1.807) is 0 Å². The molecule has 0 bridgehead atoms. The molecule has 0 aromatic heterocycles. The average molecular weight is 479 g/mol. The van der Waals surface area contributed by atoms with Crippen molar-refractivity contribution >= 4 is 26.8 Å². The van der Waals surface area contributed by atoms with Gasteiger partial charge >= 0.3 is 35.6 Å². The van der Waals surface area contributed by atoms with Crippen molar-refractivity contribution in [2.75, 3.05) is 13.1 Å². The molecule has 2 aliphatic carbocycles. The van der Waals surface area contributed by atoms with Crippen molar-refractivity contribution in [3.8, 4) is 0 Å². The Labute approximate surface area is 192 Å². The molecule has 2 fully saturated rings. The van der Waals surface area contributed by atoms with Gasteiger partial charge in [-0.15, -0.1) is 5.54 Å². The fourth-order valence-electron chi connectivity index (χ4n) is 6.07. The zero-order chi connectivity index (χ0) is 20.3. The van der Waals surface area contributed by atoms with E-state index in [-0.39, 0.29) is 13.0 Å². The second-order valence-corrected chi connectivity index (χ2v) is 16.9. The molecule has 3 aliphatic rings. The standard InChI is InChI=1S/C21H37N2Si.CH3.2ClH.Ti/c1-17-18(24(5,6)22-20(2,3)4)16-21(12-8-7-9-13-21)19(17)23-14-10-11-15-23;;;;/h7-9,12,17-19H,10-11,13-16H2,1-6H3;1H3;2*1H;/q2*-1;;;+2/p-2. The number of hydrogen-bond donors (Lipinski definition) is 0. The van der Waals surface area contributed by atoms with Crippen LogP contribution < -0.4 is 0 Å². The molecule has 0 N–H and O–H groups in total. The van der Waals surface area contributed by atoms with Gasteiger partial charge in [-0.05, 0) is 44.7 Å². The summed E-state index contributed by atoms with van der Waals surface area (Å²) in [5.41, 5.74) is 1.25. The van der Waals surface area contributed by atoms with Crippen LogP contribution in [0.1, 0.15) is 53.4 Å². The van der Waals surface area contributed by atoms with Gasteiger partial charge in [-0.1, -0.05) is 78.9 Å². The molecule has 0 aromatic rings. The third kappa shape index (κ3) is 6.45. The topological polar surface area (TPSA) is 17.3 Å². The molecule has 162 valence electrons. The van der Waals surface area contributed by atoms with E-state index in [4.69, 9.17) is 23.6 Å². The maximum atomic E-state index is 5.39. The summed E-state index contributed by atoms with van der Waals surface area (Å²) in [5.74, 6) is 0.756. The van der Waals surface area contributed by atoms with E-state index in [9.17, 15) is 0 Å². The van der Waals surface area contributed by atoms with Gasteiger partial charge in [0.1, 0.15) is 0 Å². The van der Waals surface area contributed by atoms with Gasteiger partial charge < -0.3 is 12.4 Å². The van der Waals surface area contributed by atoms with E-state index in [0.717, 1.165) is 11.5 Å². The molecule has 1 aliphatic heterocycles. The third-order valence-corrected chi connectivity index (χ3v) is 10.4. The summed E-state index contributed by atoms with van der Waals surface area (Å²) in [4.78, 5) is 8.22. The Bertz CT molecular complexity index is 541. The molecule has 1 spiro atoms. The normalized spacial score (nSPS) is 32.8. The number of halogens is 2. The fraction of sp³-hybridized carbons (Fsp3) is 0.773. The first-order valence-corrected chi connectivity index (χ1v) is 17.7. The molecule has 28 heavy (non-hydrogen) atoms. The van der Waals surface area contributed by atoms with Crippen LogP contribution in [0, 0.1) is 18.8 Å². The number of hydrogen-bond acceptors (Lipinski definition) is 1. The number of likely N-dealkylation sites (tertiary alicyclic amines) is 1. The van der Waals surface area contributed by atoms with Crippen LogP contribution in [0.2, 0.25) is 18.6 Å². The number of rotatable bonds is 3. The summed E-state index contributed by atoms with van der Waals surface area (Å²) in [6.45, 7) is 17.0. The van der Waals surface area contributed by atoms with Crippen LogP contribution in [0.25, 0.3) is 4.98 Å². The Hall–Kier alpha value is 0.911. The zero-order valence-electron chi connectivity index (χ0n) is 18.9. The van der Waals surface area contributed by atoms with Crippen LogP contribution in [-0.4, -0.2) is 37.8 Å². The van der Waals surface area contributed by atoms with Crippen molar-refractivity contribution in [1.82, 2.24) is 4.90 Å². The van der Waals surface area contributed by atoms with Crippen LogP contribution >= 0.6 is 18.6 Å². The fourth-order valence-corrected chi connectivity index (χ4v) is 10.3. The van der Waals surface area contributed by atoms with Crippen LogP contribution in [0.4, 0.5) is 0 Å². The predicted molar refractivity (Wildman–Crippen MR) is 126 cm³/mol. The number of allylic oxidation sites excluding steroid dienone is 3. The Morgan fingerprint density at radius 2 is 1.71 bits per heavy atom. The van der Waals surface area contributed by atoms with Crippen molar-refractivity contribution in [2.24, 2.45) is 11.3 Å². The molecule has 4 unspecified atom stereocenters. The molecule has 3 rings (SSSR count). The van der Waals surface area contributed by atoms with Crippen LogP contribution in [0.5, 0.6) is 0 Å². The molecule has 6 heteroatoms. The Kier molecular flexibility index (Phi) is 10.6. The molecule has 2 nitrogen and oxygen atoms in total. The second kappa shape index (κ2) is 11.0. The molecule has 0 aromatic carbocycles. The molecule has 4 atom stereocenters. The van der Waals surface area contributed by atoms with Gasteiger partial charge in [-0.3, -0.25) is 4.90 Å². The van der Waals surface area contributed by atoms with E-state index >= 15 is 0 Å². The molecule has 1 saturated carbocycles. The summed E-state index contributed by atoms with van der Waals surface area (Å²) < 4.78 is 0. The summed E-state index contributed by atoms with van der Waals surface area (Å²) in [5, 5.41) is 0. The minimum absolute atomic E-state index is 0. The van der Waals surface area contributed by atoms with Gasteiger partial charge in [0.25, 0.3) is 0 Å². The Balaban J connectivity index is 0.000000921. The van der Waals surface area contributed by atoms with Gasteiger partial charge in [0.15, 0.2) is 0 Å². The molecule has 1 saturated heterocycles. The van der Waals surface area contributed by atoms with E-state index in [1.165, 1.54) is 38.8 Å². The predicted octanol–water partition coefficient (Wildman–Crippen LogP) is 7.57. The van der Waals surface area contributed by atoms with Crippen molar-refractivity contribution in [3.63, 3.8) is 0 Å². The Morgan fingerprint density at radius 1 is 1.14 bits per heavy atom. The molecule has 1 heterocycles. The monoisotopic (exact) mass is 478 g/mol. The van der Waals surface area contributed by atoms with Crippen molar-refractivity contribution in [2.45, 2.75) is 83.6 Å².